The minimum Gasteiger partial charge on any atom is -0.481 e. The van der Waals surface area contributed by atoms with Crippen LogP contribution in [-0.4, -0.2) is 48.1 Å². The number of likely N-dealkylation sites (tertiary alicyclic amines) is 1. The van der Waals surface area contributed by atoms with Crippen LogP contribution in [0, 0.1) is 0 Å². The van der Waals surface area contributed by atoms with Gasteiger partial charge in [0.05, 0.1) is 0 Å². The first-order valence-electron chi connectivity index (χ1n) is 4.78. The highest BCUT2D eigenvalue weighted by Gasteiger charge is 2.21. The number of carbonyl (C=O) groups excluding carboxylic acids is 1. The number of carboxylic acids is 1. The van der Waals surface area contributed by atoms with Crippen molar-refractivity contribution in [3.8, 4) is 0 Å². The first-order chi connectivity index (χ1) is 6.59. The zero-order chi connectivity index (χ0) is 10.6. The molecule has 80 valence electrons. The first-order valence-corrected chi connectivity index (χ1v) is 4.78. The highest BCUT2D eigenvalue weighted by atomic mass is 16.4. The van der Waals surface area contributed by atoms with Gasteiger partial charge in [0.25, 0.3) is 0 Å². The fraction of sp³-hybridized carbons (Fsp3) is 0.778. The van der Waals surface area contributed by atoms with Gasteiger partial charge in [0.15, 0.2) is 0 Å². The summed E-state index contributed by atoms with van der Waals surface area (Å²) in [4.78, 5) is 23.4. The number of likely N-dealkylation sites (N-methyl/N-ethyl adjacent to an activating group) is 1. The standard InChI is InChI=1S/C9H16N2O3/c1-11-4-2-3-7(11)6-10-8(12)5-9(13)14/h7H,2-6H2,1H3,(H,10,12)(H,13,14). The maximum absolute atomic E-state index is 11.0. The van der Waals surface area contributed by atoms with Crippen LogP contribution in [0.1, 0.15) is 19.3 Å². The van der Waals surface area contributed by atoms with Crippen LogP contribution in [0.3, 0.4) is 0 Å². The van der Waals surface area contributed by atoms with E-state index >= 15 is 0 Å². The molecule has 1 fully saturated rings. The number of rotatable bonds is 4. The molecular formula is C9H16N2O3. The molecule has 0 aromatic heterocycles. The molecule has 0 radical (unpaired) electrons. The topological polar surface area (TPSA) is 69.6 Å². The number of nitrogens with zero attached hydrogens (tertiary/aromatic N) is 1. The highest BCUT2D eigenvalue weighted by molar-refractivity contribution is 5.93. The Morgan fingerprint density at radius 2 is 2.29 bits per heavy atom. The van der Waals surface area contributed by atoms with Crippen LogP contribution in [-0.2, 0) is 9.59 Å². The zero-order valence-electron chi connectivity index (χ0n) is 8.32. The van der Waals surface area contributed by atoms with E-state index in [-0.39, 0.29) is 0 Å². The molecular weight excluding hydrogens is 184 g/mol. The molecule has 1 amide bonds. The number of aliphatic carboxylic acids is 1. The minimum absolute atomic E-state index is 0.368. The minimum atomic E-state index is -1.08. The number of carboxylic acid groups (broad SMARTS) is 1. The molecule has 0 aromatic carbocycles. The van der Waals surface area contributed by atoms with Gasteiger partial charge in [0, 0.05) is 12.6 Å². The molecule has 14 heavy (non-hydrogen) atoms. The van der Waals surface area contributed by atoms with Crippen LogP contribution < -0.4 is 5.32 Å². The van der Waals surface area contributed by atoms with Crippen LogP contribution in [0.15, 0.2) is 0 Å². The smallest absolute Gasteiger partial charge is 0.312 e. The van der Waals surface area contributed by atoms with E-state index in [1.54, 1.807) is 0 Å². The lowest BCUT2D eigenvalue weighted by atomic mass is 10.2. The van der Waals surface area contributed by atoms with Gasteiger partial charge < -0.3 is 15.3 Å². The van der Waals surface area contributed by atoms with Gasteiger partial charge in [-0.2, -0.15) is 0 Å². The average Bonchev–Trinajstić information content (AvgIpc) is 2.46. The Kier molecular flexibility index (Phi) is 3.88. The summed E-state index contributed by atoms with van der Waals surface area (Å²) in [5, 5.41) is 11.0. The number of carbonyl (C=O) groups is 2. The Balaban J connectivity index is 2.19. The lowest BCUT2D eigenvalue weighted by Crippen LogP contribution is -2.38. The van der Waals surface area contributed by atoms with Gasteiger partial charge in [-0.3, -0.25) is 9.59 Å². The van der Waals surface area contributed by atoms with E-state index in [4.69, 9.17) is 5.11 Å². The van der Waals surface area contributed by atoms with Crippen molar-refractivity contribution in [3.63, 3.8) is 0 Å². The van der Waals surface area contributed by atoms with Crippen molar-refractivity contribution in [1.29, 1.82) is 0 Å². The summed E-state index contributed by atoms with van der Waals surface area (Å²) in [6, 6.07) is 0.368. The van der Waals surface area contributed by atoms with Crippen LogP contribution in [0.25, 0.3) is 0 Å². The summed E-state index contributed by atoms with van der Waals surface area (Å²) in [6.45, 7) is 1.61. The fourth-order valence-electron chi connectivity index (χ4n) is 1.67. The van der Waals surface area contributed by atoms with Gasteiger partial charge in [0.2, 0.25) is 5.91 Å². The molecule has 5 heteroatoms. The molecule has 1 saturated heterocycles. The second-order valence-corrected chi connectivity index (χ2v) is 3.65. The van der Waals surface area contributed by atoms with Crippen LogP contribution in [0.2, 0.25) is 0 Å². The molecule has 0 spiro atoms. The van der Waals surface area contributed by atoms with Crippen molar-refractivity contribution in [2.45, 2.75) is 25.3 Å². The van der Waals surface area contributed by atoms with E-state index in [0.29, 0.717) is 12.6 Å². The molecule has 1 aliphatic heterocycles. The molecule has 0 aliphatic carbocycles. The van der Waals surface area contributed by atoms with E-state index in [2.05, 4.69) is 10.2 Å². The Bertz CT molecular complexity index is 230. The Morgan fingerprint density at radius 3 is 2.79 bits per heavy atom. The number of amides is 1. The van der Waals surface area contributed by atoms with Crippen molar-refractivity contribution < 1.29 is 14.7 Å². The predicted molar refractivity (Wildman–Crippen MR) is 50.9 cm³/mol. The molecule has 2 N–H and O–H groups in total. The van der Waals surface area contributed by atoms with Crippen molar-refractivity contribution >= 4 is 11.9 Å². The lowest BCUT2D eigenvalue weighted by molar-refractivity contribution is -0.140. The van der Waals surface area contributed by atoms with E-state index in [1.807, 2.05) is 7.05 Å². The maximum Gasteiger partial charge on any atom is 0.312 e. The Hall–Kier alpha value is -1.10. The van der Waals surface area contributed by atoms with Crippen LogP contribution in [0.4, 0.5) is 0 Å². The summed E-state index contributed by atoms with van der Waals surface area (Å²) in [7, 11) is 2.01. The van der Waals surface area contributed by atoms with Crippen molar-refractivity contribution in [3.05, 3.63) is 0 Å². The largest absolute Gasteiger partial charge is 0.481 e. The number of nitrogens with one attached hydrogen (secondary N) is 1. The summed E-state index contributed by atoms with van der Waals surface area (Å²) in [6.07, 6.45) is 1.79. The second kappa shape index (κ2) is 4.95. The van der Waals surface area contributed by atoms with Crippen molar-refractivity contribution in [2.75, 3.05) is 20.1 Å². The van der Waals surface area contributed by atoms with E-state index < -0.39 is 18.3 Å². The molecule has 0 bridgehead atoms. The molecule has 0 aromatic rings. The van der Waals surface area contributed by atoms with Crippen molar-refractivity contribution in [1.82, 2.24) is 10.2 Å². The second-order valence-electron chi connectivity index (χ2n) is 3.65. The fourth-order valence-corrected chi connectivity index (χ4v) is 1.67. The molecule has 1 unspecified atom stereocenters. The third-order valence-corrected chi connectivity index (χ3v) is 2.52. The average molecular weight is 200 g/mol. The molecule has 1 rings (SSSR count). The third-order valence-electron chi connectivity index (χ3n) is 2.52. The quantitative estimate of drug-likeness (QED) is 0.610. The normalized spacial score (nSPS) is 22.2. The zero-order valence-corrected chi connectivity index (χ0v) is 8.32. The third kappa shape index (κ3) is 3.33. The summed E-state index contributed by atoms with van der Waals surface area (Å²) < 4.78 is 0. The predicted octanol–water partition coefficient (Wildman–Crippen LogP) is -0.328. The van der Waals surface area contributed by atoms with Gasteiger partial charge >= 0.3 is 5.97 Å². The molecule has 0 saturated carbocycles. The van der Waals surface area contributed by atoms with Crippen LogP contribution >= 0.6 is 0 Å². The van der Waals surface area contributed by atoms with E-state index in [1.165, 1.54) is 0 Å². The maximum atomic E-state index is 11.0. The van der Waals surface area contributed by atoms with Gasteiger partial charge in [-0.15, -0.1) is 0 Å². The van der Waals surface area contributed by atoms with Gasteiger partial charge in [0.1, 0.15) is 6.42 Å². The van der Waals surface area contributed by atoms with Crippen molar-refractivity contribution in [2.24, 2.45) is 0 Å². The van der Waals surface area contributed by atoms with Gasteiger partial charge in [-0.1, -0.05) is 0 Å². The monoisotopic (exact) mass is 200 g/mol. The molecule has 1 heterocycles. The van der Waals surface area contributed by atoms with E-state index in [9.17, 15) is 9.59 Å². The molecule has 5 nitrogen and oxygen atoms in total. The SMILES string of the molecule is CN1CCCC1CNC(=O)CC(=O)O. The Morgan fingerprint density at radius 1 is 1.57 bits per heavy atom. The molecule has 1 aliphatic rings. The summed E-state index contributed by atoms with van der Waals surface area (Å²) in [5.41, 5.74) is 0. The van der Waals surface area contributed by atoms with Gasteiger partial charge in [-0.05, 0) is 26.4 Å². The first kappa shape index (κ1) is 11.0. The molecule has 1 atom stereocenters. The summed E-state index contributed by atoms with van der Waals surface area (Å²) >= 11 is 0. The lowest BCUT2D eigenvalue weighted by Gasteiger charge is -2.19. The number of hydrogen-bond donors (Lipinski definition) is 2. The van der Waals surface area contributed by atoms with E-state index in [0.717, 1.165) is 19.4 Å². The summed E-state index contributed by atoms with van der Waals surface area (Å²) in [5.74, 6) is -1.49. The Labute approximate surface area is 83.1 Å². The number of hydrogen-bond acceptors (Lipinski definition) is 3. The highest BCUT2D eigenvalue weighted by Crippen LogP contribution is 2.13. The van der Waals surface area contributed by atoms with Gasteiger partial charge in [-0.25, -0.2) is 0 Å². The van der Waals surface area contributed by atoms with Crippen LogP contribution in [0.5, 0.6) is 0 Å².